The summed E-state index contributed by atoms with van der Waals surface area (Å²) >= 11 is 0. The van der Waals surface area contributed by atoms with Crippen molar-refractivity contribution >= 4 is 11.6 Å². The molecule has 0 aromatic heterocycles. The van der Waals surface area contributed by atoms with Crippen molar-refractivity contribution in [1.29, 1.82) is 0 Å². The molecule has 1 saturated carbocycles. The molecule has 0 spiro atoms. The number of rotatable bonds is 7. The molecule has 5 nitrogen and oxygen atoms in total. The Bertz CT molecular complexity index is 875. The number of hydrogen-bond acceptors (Lipinski definition) is 4. The van der Waals surface area contributed by atoms with E-state index in [0.717, 1.165) is 42.9 Å². The average Bonchev–Trinajstić information content (AvgIpc) is 2.85. The van der Waals surface area contributed by atoms with E-state index in [0.29, 0.717) is 32.2 Å². The van der Waals surface area contributed by atoms with Crippen LogP contribution in [-0.2, 0) is 11.3 Å². The maximum atomic E-state index is 13.3. The lowest BCUT2D eigenvalue weighted by atomic mass is 9.93. The van der Waals surface area contributed by atoms with Crippen LogP contribution in [0.3, 0.4) is 0 Å². The minimum atomic E-state index is -0.220. The van der Waals surface area contributed by atoms with Crippen LogP contribution in [0.15, 0.2) is 48.5 Å². The number of halogens is 1. The van der Waals surface area contributed by atoms with E-state index in [1.165, 1.54) is 31.4 Å². The quantitative estimate of drug-likeness (QED) is 0.644. The van der Waals surface area contributed by atoms with Crippen LogP contribution in [0, 0.1) is 5.82 Å². The molecule has 1 saturated heterocycles. The summed E-state index contributed by atoms with van der Waals surface area (Å²) in [5, 5.41) is 0. The van der Waals surface area contributed by atoms with E-state index in [-0.39, 0.29) is 11.7 Å². The zero-order valence-corrected chi connectivity index (χ0v) is 19.0. The molecule has 2 aromatic carbocycles. The third kappa shape index (κ3) is 5.60. The number of methoxy groups -OCH3 is 1. The van der Waals surface area contributed by atoms with Gasteiger partial charge in [-0.1, -0.05) is 43.5 Å². The topological polar surface area (TPSA) is 36.0 Å². The second-order valence-corrected chi connectivity index (χ2v) is 8.86. The van der Waals surface area contributed by atoms with Crippen LogP contribution in [0.1, 0.15) is 37.7 Å². The Morgan fingerprint density at radius 1 is 1.00 bits per heavy atom. The van der Waals surface area contributed by atoms with Gasteiger partial charge in [0.1, 0.15) is 11.6 Å². The van der Waals surface area contributed by atoms with Gasteiger partial charge in [-0.15, -0.1) is 0 Å². The fraction of sp³-hybridized carbons (Fsp3) is 0.500. The molecule has 0 bridgehead atoms. The summed E-state index contributed by atoms with van der Waals surface area (Å²) < 4.78 is 18.9. The number of carbonyl (C=O) groups excluding carboxylic acids is 1. The van der Waals surface area contributed by atoms with Gasteiger partial charge in [0.05, 0.1) is 19.3 Å². The minimum Gasteiger partial charge on any atom is -0.495 e. The van der Waals surface area contributed by atoms with Crippen LogP contribution >= 0.6 is 0 Å². The van der Waals surface area contributed by atoms with Crippen molar-refractivity contribution in [2.75, 3.05) is 44.7 Å². The Morgan fingerprint density at radius 2 is 1.69 bits per heavy atom. The van der Waals surface area contributed by atoms with Crippen molar-refractivity contribution in [3.63, 3.8) is 0 Å². The van der Waals surface area contributed by atoms with Crippen LogP contribution < -0.4 is 9.64 Å². The van der Waals surface area contributed by atoms with Crippen LogP contribution in [0.4, 0.5) is 10.1 Å². The molecule has 4 rings (SSSR count). The van der Waals surface area contributed by atoms with E-state index in [1.807, 2.05) is 35.2 Å². The van der Waals surface area contributed by atoms with E-state index in [4.69, 9.17) is 4.74 Å². The highest BCUT2D eigenvalue weighted by Gasteiger charge is 2.28. The van der Waals surface area contributed by atoms with Gasteiger partial charge in [-0.3, -0.25) is 9.69 Å². The van der Waals surface area contributed by atoms with Gasteiger partial charge in [0, 0.05) is 38.8 Å². The Hall–Kier alpha value is -2.60. The van der Waals surface area contributed by atoms with Crippen LogP contribution in [0.5, 0.6) is 5.75 Å². The van der Waals surface area contributed by atoms with Crippen molar-refractivity contribution in [1.82, 2.24) is 9.80 Å². The molecule has 0 atom stereocenters. The third-order valence-corrected chi connectivity index (χ3v) is 6.79. The number of benzene rings is 2. The van der Waals surface area contributed by atoms with Gasteiger partial charge in [0.25, 0.3) is 0 Å². The van der Waals surface area contributed by atoms with Gasteiger partial charge in [-0.25, -0.2) is 4.39 Å². The van der Waals surface area contributed by atoms with E-state index in [9.17, 15) is 9.18 Å². The summed E-state index contributed by atoms with van der Waals surface area (Å²) in [6.07, 6.45) is 5.98. The van der Waals surface area contributed by atoms with E-state index < -0.39 is 0 Å². The number of hydrogen-bond donors (Lipinski definition) is 0. The highest BCUT2D eigenvalue weighted by molar-refractivity contribution is 5.78. The first-order valence-electron chi connectivity index (χ1n) is 11.8. The third-order valence-electron chi connectivity index (χ3n) is 6.79. The molecule has 32 heavy (non-hydrogen) atoms. The number of piperazine rings is 1. The van der Waals surface area contributed by atoms with Crippen molar-refractivity contribution < 1.29 is 13.9 Å². The lowest BCUT2D eigenvalue weighted by molar-refractivity contribution is -0.133. The first-order chi connectivity index (χ1) is 15.6. The monoisotopic (exact) mass is 439 g/mol. The Balaban J connectivity index is 1.38. The molecular formula is C26H34FN3O2. The molecule has 1 amide bonds. The number of nitrogens with zero attached hydrogens (tertiary/aromatic N) is 3. The second kappa shape index (κ2) is 10.8. The highest BCUT2D eigenvalue weighted by Crippen LogP contribution is 2.29. The average molecular weight is 440 g/mol. The number of amides is 1. The number of carbonyl (C=O) groups is 1. The van der Waals surface area contributed by atoms with Gasteiger partial charge in [-0.2, -0.15) is 0 Å². The summed E-state index contributed by atoms with van der Waals surface area (Å²) in [6.45, 7) is 4.15. The molecule has 1 heterocycles. The Labute approximate surface area is 190 Å². The summed E-state index contributed by atoms with van der Waals surface area (Å²) in [5.41, 5.74) is 2.15. The van der Waals surface area contributed by atoms with Crippen LogP contribution in [0.2, 0.25) is 0 Å². The molecule has 2 aliphatic rings. The van der Waals surface area contributed by atoms with E-state index in [1.54, 1.807) is 7.11 Å². The normalized spacial score (nSPS) is 17.6. The van der Waals surface area contributed by atoms with Gasteiger partial charge < -0.3 is 14.5 Å². The molecule has 2 fully saturated rings. The maximum Gasteiger partial charge on any atom is 0.236 e. The molecule has 0 unspecified atom stereocenters. The molecule has 2 aromatic rings. The SMILES string of the molecule is COc1ccccc1N1CCN(C(=O)CN(Cc2ccc(F)cc2)C2CCCCC2)CC1. The smallest absolute Gasteiger partial charge is 0.236 e. The summed E-state index contributed by atoms with van der Waals surface area (Å²) in [5.74, 6) is 0.842. The van der Waals surface area contributed by atoms with Crippen molar-refractivity contribution in [2.45, 2.75) is 44.7 Å². The van der Waals surface area contributed by atoms with Crippen LogP contribution in [-0.4, -0.2) is 61.6 Å². The lowest BCUT2D eigenvalue weighted by Gasteiger charge is -2.39. The fourth-order valence-electron chi connectivity index (χ4n) is 4.95. The number of ether oxygens (including phenoxy) is 1. The predicted molar refractivity (Wildman–Crippen MR) is 125 cm³/mol. The van der Waals surface area contributed by atoms with Gasteiger partial charge in [0.2, 0.25) is 5.91 Å². The Morgan fingerprint density at radius 3 is 2.38 bits per heavy atom. The van der Waals surface area contributed by atoms with Crippen LogP contribution in [0.25, 0.3) is 0 Å². The Kier molecular flexibility index (Phi) is 7.63. The van der Waals surface area contributed by atoms with E-state index in [2.05, 4.69) is 15.9 Å². The summed E-state index contributed by atoms with van der Waals surface area (Å²) in [7, 11) is 1.69. The van der Waals surface area contributed by atoms with Gasteiger partial charge in [-0.05, 0) is 42.7 Å². The maximum absolute atomic E-state index is 13.3. The van der Waals surface area contributed by atoms with Crippen molar-refractivity contribution in [3.05, 3.63) is 59.9 Å². The van der Waals surface area contributed by atoms with Gasteiger partial charge in [0.15, 0.2) is 0 Å². The first kappa shape index (κ1) is 22.6. The lowest BCUT2D eigenvalue weighted by Crippen LogP contribution is -2.52. The zero-order valence-electron chi connectivity index (χ0n) is 19.0. The summed E-state index contributed by atoms with van der Waals surface area (Å²) in [6, 6.07) is 15.2. The van der Waals surface area contributed by atoms with Crippen molar-refractivity contribution in [3.8, 4) is 5.75 Å². The highest BCUT2D eigenvalue weighted by atomic mass is 19.1. The predicted octanol–water partition coefficient (Wildman–Crippen LogP) is 4.32. The zero-order chi connectivity index (χ0) is 22.3. The fourth-order valence-corrected chi connectivity index (χ4v) is 4.95. The molecular weight excluding hydrogens is 405 g/mol. The number of para-hydroxylation sites is 2. The first-order valence-corrected chi connectivity index (χ1v) is 11.8. The van der Waals surface area contributed by atoms with E-state index >= 15 is 0 Å². The number of anilines is 1. The molecule has 1 aliphatic heterocycles. The molecule has 1 aliphatic carbocycles. The second-order valence-electron chi connectivity index (χ2n) is 8.86. The molecule has 6 heteroatoms. The largest absolute Gasteiger partial charge is 0.495 e. The molecule has 172 valence electrons. The molecule has 0 N–H and O–H groups in total. The van der Waals surface area contributed by atoms with Gasteiger partial charge >= 0.3 is 0 Å². The van der Waals surface area contributed by atoms with Crippen molar-refractivity contribution in [2.24, 2.45) is 0 Å². The standard InChI is InChI=1S/C26H34FN3O2/c1-32-25-10-6-5-9-24(25)28-15-17-29(18-16-28)26(31)20-30(23-7-3-2-4-8-23)19-21-11-13-22(27)14-12-21/h5-6,9-14,23H,2-4,7-8,15-20H2,1H3. The summed E-state index contributed by atoms with van der Waals surface area (Å²) in [4.78, 5) is 19.8. The molecule has 0 radical (unpaired) electrons. The minimum absolute atomic E-state index is 0.192.